The summed E-state index contributed by atoms with van der Waals surface area (Å²) in [4.78, 5) is 25.1. The van der Waals surface area contributed by atoms with Gasteiger partial charge in [-0.15, -0.1) is 0 Å². The number of nitro groups is 1. The molecule has 1 N–H and O–H groups in total. The van der Waals surface area contributed by atoms with Crippen molar-refractivity contribution in [1.29, 1.82) is 0 Å². The largest absolute Gasteiger partial charge is 0.364 e. The van der Waals surface area contributed by atoms with E-state index in [9.17, 15) is 28.1 Å². The first-order valence-electron chi connectivity index (χ1n) is 8.50. The number of rotatable bonds is 5. The van der Waals surface area contributed by atoms with E-state index >= 15 is 0 Å². The van der Waals surface area contributed by atoms with Crippen molar-refractivity contribution in [3.63, 3.8) is 0 Å². The zero-order valence-electron chi connectivity index (χ0n) is 14.7. The van der Waals surface area contributed by atoms with Crippen molar-refractivity contribution in [2.24, 2.45) is 0 Å². The summed E-state index contributed by atoms with van der Waals surface area (Å²) in [5.41, 5.74) is -0.885. The lowest BCUT2D eigenvalue weighted by Gasteiger charge is -2.35. The summed E-state index contributed by atoms with van der Waals surface area (Å²) in [7, 11) is 0. The molecule has 0 aromatic heterocycles. The quantitative estimate of drug-likeness (QED) is 0.623. The Morgan fingerprint density at radius 2 is 1.64 bits per heavy atom. The number of anilines is 2. The van der Waals surface area contributed by atoms with Gasteiger partial charge in [-0.1, -0.05) is 12.1 Å². The number of carbonyl (C=O) groups is 1. The van der Waals surface area contributed by atoms with Gasteiger partial charge in [-0.05, 0) is 12.1 Å². The third-order valence-corrected chi connectivity index (χ3v) is 4.42. The monoisotopic (exact) mass is 394 g/mol. The molecule has 1 heterocycles. The number of benzene rings is 2. The number of hydrogen-bond acceptors (Lipinski definition) is 5. The van der Waals surface area contributed by atoms with Gasteiger partial charge in [-0.3, -0.25) is 19.8 Å². The van der Waals surface area contributed by atoms with E-state index in [4.69, 9.17) is 0 Å². The molecule has 1 aliphatic rings. The number of nitrogens with one attached hydrogen (secondary N) is 1. The average molecular weight is 394 g/mol. The highest BCUT2D eigenvalue weighted by Gasteiger charge is 2.26. The average Bonchev–Trinajstić information content (AvgIpc) is 2.64. The minimum absolute atomic E-state index is 0.00734. The minimum atomic E-state index is -1.00. The minimum Gasteiger partial charge on any atom is -0.364 e. The van der Waals surface area contributed by atoms with Gasteiger partial charge in [0.2, 0.25) is 5.91 Å². The van der Waals surface area contributed by atoms with Gasteiger partial charge >= 0.3 is 0 Å². The fraction of sp³-hybridized carbons (Fsp3) is 0.278. The van der Waals surface area contributed by atoms with Crippen molar-refractivity contribution in [1.82, 2.24) is 4.90 Å². The second-order valence-corrected chi connectivity index (χ2v) is 6.31. The van der Waals surface area contributed by atoms with Crippen molar-refractivity contribution < 1.29 is 22.9 Å². The number of nitro benzene ring substituents is 1. The van der Waals surface area contributed by atoms with Crippen LogP contribution in [-0.2, 0) is 4.79 Å². The van der Waals surface area contributed by atoms with Crippen molar-refractivity contribution >= 4 is 23.0 Å². The summed E-state index contributed by atoms with van der Waals surface area (Å²) in [6, 6.07) is 7.18. The molecular formula is C18H17F3N4O3. The van der Waals surface area contributed by atoms with E-state index in [0.717, 1.165) is 0 Å². The van der Waals surface area contributed by atoms with E-state index in [1.165, 1.54) is 23.1 Å². The molecule has 0 saturated carbocycles. The van der Waals surface area contributed by atoms with Crippen molar-refractivity contribution in [2.45, 2.75) is 0 Å². The topological polar surface area (TPSA) is 78.7 Å². The van der Waals surface area contributed by atoms with Crippen LogP contribution in [0.2, 0.25) is 0 Å². The first-order valence-corrected chi connectivity index (χ1v) is 8.50. The molecule has 0 radical (unpaired) electrons. The van der Waals surface area contributed by atoms with Gasteiger partial charge in [-0.25, -0.2) is 13.2 Å². The second kappa shape index (κ2) is 8.26. The Hall–Kier alpha value is -3.14. The summed E-state index contributed by atoms with van der Waals surface area (Å²) in [5.74, 6) is -2.94. The zero-order valence-corrected chi connectivity index (χ0v) is 14.7. The Kier molecular flexibility index (Phi) is 5.78. The Morgan fingerprint density at radius 1 is 1.04 bits per heavy atom. The molecule has 2 aromatic rings. The van der Waals surface area contributed by atoms with Crippen LogP contribution in [0.1, 0.15) is 0 Å². The molecule has 28 heavy (non-hydrogen) atoms. The summed E-state index contributed by atoms with van der Waals surface area (Å²) in [6.45, 7) is 1.17. The van der Waals surface area contributed by atoms with E-state index in [1.807, 2.05) is 0 Å². The van der Waals surface area contributed by atoms with Crippen LogP contribution in [0.4, 0.5) is 30.2 Å². The standard InChI is InChI=1S/C18H17F3N4O3/c19-13-3-1-2-4-16(13)22-17(26)11-23-5-7-24(8-6-23)18-14(20)9-12(25(27)28)10-15(18)21/h1-4,9-10H,5-8,11H2,(H,22,26). The summed E-state index contributed by atoms with van der Waals surface area (Å²) in [6.07, 6.45) is 0. The predicted molar refractivity (Wildman–Crippen MR) is 96.7 cm³/mol. The molecule has 3 rings (SSSR count). The Bertz CT molecular complexity index is 878. The van der Waals surface area contributed by atoms with Gasteiger partial charge in [0.25, 0.3) is 5.69 Å². The van der Waals surface area contributed by atoms with E-state index in [1.54, 1.807) is 11.0 Å². The maximum atomic E-state index is 14.1. The molecule has 0 unspecified atom stereocenters. The highest BCUT2D eigenvalue weighted by atomic mass is 19.1. The van der Waals surface area contributed by atoms with Gasteiger partial charge in [-0.2, -0.15) is 0 Å². The molecule has 2 aromatic carbocycles. The van der Waals surface area contributed by atoms with Crippen LogP contribution in [0.15, 0.2) is 36.4 Å². The van der Waals surface area contributed by atoms with Gasteiger partial charge in [0.05, 0.1) is 29.3 Å². The van der Waals surface area contributed by atoms with Crippen molar-refractivity contribution in [3.05, 3.63) is 64.0 Å². The number of para-hydroxylation sites is 1. The molecule has 1 amide bonds. The number of non-ortho nitro benzene ring substituents is 1. The first-order chi connectivity index (χ1) is 13.3. The smallest absolute Gasteiger partial charge is 0.275 e. The van der Waals surface area contributed by atoms with Gasteiger partial charge < -0.3 is 10.2 Å². The molecular weight excluding hydrogens is 377 g/mol. The third-order valence-electron chi connectivity index (χ3n) is 4.42. The van der Waals surface area contributed by atoms with E-state index in [-0.39, 0.29) is 31.0 Å². The molecule has 0 bridgehead atoms. The maximum absolute atomic E-state index is 14.1. The second-order valence-electron chi connectivity index (χ2n) is 6.31. The molecule has 0 atom stereocenters. The molecule has 7 nitrogen and oxygen atoms in total. The van der Waals surface area contributed by atoms with Crippen LogP contribution in [0, 0.1) is 27.6 Å². The summed E-state index contributed by atoms with van der Waals surface area (Å²) in [5, 5.41) is 13.2. The number of halogens is 3. The third kappa shape index (κ3) is 4.39. The van der Waals surface area contributed by atoms with Crippen molar-refractivity contribution in [3.8, 4) is 0 Å². The Morgan fingerprint density at radius 3 is 2.21 bits per heavy atom. The van der Waals surface area contributed by atoms with Crippen LogP contribution in [0.3, 0.4) is 0 Å². The van der Waals surface area contributed by atoms with Crippen LogP contribution in [0.5, 0.6) is 0 Å². The van der Waals surface area contributed by atoms with E-state index in [2.05, 4.69) is 5.32 Å². The molecule has 1 aliphatic heterocycles. The lowest BCUT2D eigenvalue weighted by atomic mass is 10.2. The zero-order chi connectivity index (χ0) is 20.3. The highest BCUT2D eigenvalue weighted by molar-refractivity contribution is 5.92. The SMILES string of the molecule is O=C(CN1CCN(c2c(F)cc([N+](=O)[O-])cc2F)CC1)Nc1ccccc1F. The fourth-order valence-corrected chi connectivity index (χ4v) is 3.04. The van der Waals surface area contributed by atoms with E-state index in [0.29, 0.717) is 25.2 Å². The lowest BCUT2D eigenvalue weighted by Crippen LogP contribution is -2.49. The van der Waals surface area contributed by atoms with Gasteiger partial charge in [0, 0.05) is 26.2 Å². The molecule has 0 aliphatic carbocycles. The number of amides is 1. The summed E-state index contributed by atoms with van der Waals surface area (Å²) < 4.78 is 41.9. The Balaban J connectivity index is 1.58. The van der Waals surface area contributed by atoms with Crippen LogP contribution < -0.4 is 10.2 Å². The summed E-state index contributed by atoms with van der Waals surface area (Å²) >= 11 is 0. The molecule has 10 heteroatoms. The molecule has 1 saturated heterocycles. The van der Waals surface area contributed by atoms with Crippen LogP contribution in [-0.4, -0.2) is 48.5 Å². The van der Waals surface area contributed by atoms with Crippen LogP contribution in [0.25, 0.3) is 0 Å². The number of piperazine rings is 1. The first kappa shape index (κ1) is 19.6. The van der Waals surface area contributed by atoms with Gasteiger partial charge in [0.1, 0.15) is 11.5 Å². The number of nitrogens with zero attached hydrogens (tertiary/aromatic N) is 3. The van der Waals surface area contributed by atoms with E-state index < -0.39 is 34.0 Å². The number of hydrogen-bond donors (Lipinski definition) is 1. The Labute approximate surface area is 158 Å². The fourth-order valence-electron chi connectivity index (χ4n) is 3.04. The normalized spacial score (nSPS) is 14.8. The van der Waals surface area contributed by atoms with Crippen molar-refractivity contribution in [2.75, 3.05) is 42.9 Å². The number of carbonyl (C=O) groups excluding carboxylic acids is 1. The predicted octanol–water partition coefficient (Wildman–Crippen LogP) is 2.77. The van der Waals surface area contributed by atoms with Gasteiger partial charge in [0.15, 0.2) is 11.6 Å². The lowest BCUT2D eigenvalue weighted by molar-refractivity contribution is -0.385. The highest BCUT2D eigenvalue weighted by Crippen LogP contribution is 2.28. The molecule has 0 spiro atoms. The van der Waals surface area contributed by atoms with Crippen LogP contribution >= 0.6 is 0 Å². The molecule has 1 fully saturated rings. The molecule has 148 valence electrons. The maximum Gasteiger partial charge on any atom is 0.275 e.